The van der Waals surface area contributed by atoms with Crippen LogP contribution in [0.4, 0.5) is 4.39 Å². The molecule has 1 aliphatic rings. The van der Waals surface area contributed by atoms with Gasteiger partial charge in [0.15, 0.2) is 6.23 Å². The Labute approximate surface area is 98.9 Å². The highest BCUT2D eigenvalue weighted by Gasteiger charge is 2.43. The van der Waals surface area contributed by atoms with Crippen molar-refractivity contribution < 1.29 is 24.4 Å². The summed E-state index contributed by atoms with van der Waals surface area (Å²) in [7, 11) is 0. The van der Waals surface area contributed by atoms with Gasteiger partial charge in [0.2, 0.25) is 5.82 Å². The van der Waals surface area contributed by atoms with E-state index in [0.29, 0.717) is 10.8 Å². The first-order chi connectivity index (χ1) is 8.45. The molecule has 0 bridgehead atoms. The topological polar surface area (TPSA) is 125 Å². The number of ether oxygens (including phenoxy) is 1. The van der Waals surface area contributed by atoms with Gasteiger partial charge >= 0.3 is 5.69 Å². The Bertz CT molecular complexity index is 555. The fourth-order valence-electron chi connectivity index (χ4n) is 1.76. The van der Waals surface area contributed by atoms with Gasteiger partial charge in [0, 0.05) is 0 Å². The minimum Gasteiger partial charge on any atom is -0.394 e. The lowest BCUT2D eigenvalue weighted by atomic mass is 10.1. The molecule has 100 valence electrons. The van der Waals surface area contributed by atoms with E-state index in [0.717, 1.165) is 0 Å². The van der Waals surface area contributed by atoms with E-state index in [2.05, 4.69) is 0 Å². The minimum absolute atomic E-state index is 0.571. The van der Waals surface area contributed by atoms with E-state index in [9.17, 15) is 24.2 Å². The summed E-state index contributed by atoms with van der Waals surface area (Å²) >= 11 is 0. The summed E-state index contributed by atoms with van der Waals surface area (Å²) in [4.78, 5) is 24.0. The molecule has 0 amide bonds. The molecule has 1 saturated heterocycles. The predicted molar refractivity (Wildman–Crippen MR) is 54.3 cm³/mol. The first-order valence-electron chi connectivity index (χ1n) is 5.09. The van der Waals surface area contributed by atoms with Gasteiger partial charge in [-0.15, -0.1) is 0 Å². The molecule has 1 aromatic rings. The quantitative estimate of drug-likeness (QED) is 0.459. The summed E-state index contributed by atoms with van der Waals surface area (Å²) in [5.41, 5.74) is -2.18. The molecule has 9 heteroatoms. The molecule has 0 aromatic carbocycles. The van der Waals surface area contributed by atoms with Gasteiger partial charge in [0.05, 0.1) is 12.8 Å². The molecular weight excluding hydrogens is 251 g/mol. The van der Waals surface area contributed by atoms with Gasteiger partial charge in [0.1, 0.15) is 18.3 Å². The van der Waals surface area contributed by atoms with E-state index in [-0.39, 0.29) is 0 Å². The first-order valence-corrected chi connectivity index (χ1v) is 5.09. The lowest BCUT2D eigenvalue weighted by Gasteiger charge is -2.16. The fourth-order valence-corrected chi connectivity index (χ4v) is 1.76. The molecular formula is C9H11FN2O6. The van der Waals surface area contributed by atoms with Crippen molar-refractivity contribution in [3.8, 4) is 0 Å². The van der Waals surface area contributed by atoms with E-state index in [1.165, 1.54) is 0 Å². The van der Waals surface area contributed by atoms with E-state index in [4.69, 9.17) is 9.84 Å². The SMILES string of the molecule is O=c1[nH]c(=O)n([C@@H]2O[C@@H](CO)[C@@H](O)[C@@H]2O)cc1F. The first kappa shape index (κ1) is 12.9. The number of aromatic nitrogens is 2. The minimum atomic E-state index is -1.52. The Hall–Kier alpha value is -1.55. The van der Waals surface area contributed by atoms with Crippen molar-refractivity contribution in [3.63, 3.8) is 0 Å². The molecule has 1 aliphatic heterocycles. The summed E-state index contributed by atoms with van der Waals surface area (Å²) < 4.78 is 18.7. The zero-order chi connectivity index (χ0) is 13.4. The molecule has 4 atom stereocenters. The third-order valence-corrected chi connectivity index (χ3v) is 2.72. The highest BCUT2D eigenvalue weighted by atomic mass is 19.1. The molecule has 0 radical (unpaired) electrons. The third kappa shape index (κ3) is 1.97. The van der Waals surface area contributed by atoms with Crippen LogP contribution in [0.5, 0.6) is 0 Å². The van der Waals surface area contributed by atoms with Crippen LogP contribution < -0.4 is 11.2 Å². The van der Waals surface area contributed by atoms with Gasteiger partial charge in [0.25, 0.3) is 5.56 Å². The average Bonchev–Trinajstić information content (AvgIpc) is 2.61. The number of aliphatic hydroxyl groups excluding tert-OH is 3. The highest BCUT2D eigenvalue weighted by molar-refractivity contribution is 4.94. The van der Waals surface area contributed by atoms with Crippen LogP contribution in [-0.4, -0.2) is 49.8 Å². The number of nitrogens with zero attached hydrogens (tertiary/aromatic N) is 1. The average molecular weight is 262 g/mol. The number of aromatic amines is 1. The number of aliphatic hydroxyl groups is 3. The number of halogens is 1. The molecule has 1 aromatic heterocycles. The predicted octanol–water partition coefficient (Wildman–Crippen LogP) is -2.71. The Morgan fingerprint density at radius 3 is 2.61 bits per heavy atom. The van der Waals surface area contributed by atoms with Crippen molar-refractivity contribution in [3.05, 3.63) is 32.9 Å². The number of nitrogens with one attached hydrogen (secondary N) is 1. The number of hydrogen-bond acceptors (Lipinski definition) is 6. The maximum absolute atomic E-state index is 13.1. The van der Waals surface area contributed by atoms with Crippen molar-refractivity contribution in [2.24, 2.45) is 0 Å². The molecule has 2 heterocycles. The molecule has 2 rings (SSSR count). The van der Waals surface area contributed by atoms with Crippen molar-refractivity contribution in [1.82, 2.24) is 9.55 Å². The maximum atomic E-state index is 13.1. The van der Waals surface area contributed by atoms with Crippen LogP contribution in [0, 0.1) is 5.82 Å². The number of rotatable bonds is 2. The van der Waals surface area contributed by atoms with Crippen LogP contribution in [0.1, 0.15) is 6.23 Å². The summed E-state index contributed by atoms with van der Waals surface area (Å²) in [5, 5.41) is 28.0. The zero-order valence-corrected chi connectivity index (χ0v) is 8.99. The molecule has 0 spiro atoms. The van der Waals surface area contributed by atoms with Crippen LogP contribution in [-0.2, 0) is 4.74 Å². The van der Waals surface area contributed by atoms with Gasteiger partial charge in [-0.05, 0) is 0 Å². The summed E-state index contributed by atoms with van der Waals surface area (Å²) in [6.07, 6.45) is -4.84. The normalized spacial score (nSPS) is 31.8. The molecule has 0 aliphatic carbocycles. The molecule has 0 saturated carbocycles. The molecule has 8 nitrogen and oxygen atoms in total. The Kier molecular flexibility index (Phi) is 3.30. The van der Waals surface area contributed by atoms with E-state index >= 15 is 0 Å². The van der Waals surface area contributed by atoms with Gasteiger partial charge in [-0.2, -0.15) is 4.39 Å². The number of H-pyrrole nitrogens is 1. The second kappa shape index (κ2) is 4.61. The van der Waals surface area contributed by atoms with Crippen LogP contribution in [0.15, 0.2) is 15.8 Å². The second-order valence-corrected chi connectivity index (χ2v) is 3.87. The Morgan fingerprint density at radius 1 is 1.39 bits per heavy atom. The molecule has 1 fully saturated rings. The Morgan fingerprint density at radius 2 is 2.06 bits per heavy atom. The second-order valence-electron chi connectivity index (χ2n) is 3.87. The van der Waals surface area contributed by atoms with Crippen molar-refractivity contribution in [2.45, 2.75) is 24.5 Å². The zero-order valence-electron chi connectivity index (χ0n) is 8.99. The molecule has 18 heavy (non-hydrogen) atoms. The number of hydrogen-bond donors (Lipinski definition) is 4. The van der Waals surface area contributed by atoms with E-state index in [1.54, 1.807) is 4.98 Å². The summed E-state index contributed by atoms with van der Waals surface area (Å²) in [5.74, 6) is -1.23. The third-order valence-electron chi connectivity index (χ3n) is 2.72. The summed E-state index contributed by atoms with van der Waals surface area (Å²) in [6, 6.07) is 0. The largest absolute Gasteiger partial charge is 0.394 e. The molecule has 0 unspecified atom stereocenters. The van der Waals surface area contributed by atoms with Crippen molar-refractivity contribution >= 4 is 0 Å². The van der Waals surface area contributed by atoms with Crippen molar-refractivity contribution in [1.29, 1.82) is 0 Å². The van der Waals surface area contributed by atoms with E-state index < -0.39 is 48.2 Å². The van der Waals surface area contributed by atoms with Crippen LogP contribution >= 0.6 is 0 Å². The fraction of sp³-hybridized carbons (Fsp3) is 0.556. The molecule has 4 N–H and O–H groups in total. The standard InChI is InChI=1S/C9H11FN2O6/c10-3-1-12(9(17)11-7(3)16)8-6(15)5(14)4(2-13)18-8/h1,4-6,8,13-15H,2H2,(H,11,16,17)/t4-,5+,6-,8+/m0/s1. The Balaban J connectivity index is 2.42. The van der Waals surface area contributed by atoms with Gasteiger partial charge in [-0.1, -0.05) is 0 Å². The lowest BCUT2D eigenvalue weighted by molar-refractivity contribution is -0.0554. The van der Waals surface area contributed by atoms with E-state index in [1.807, 2.05) is 0 Å². The van der Waals surface area contributed by atoms with Crippen molar-refractivity contribution in [2.75, 3.05) is 6.61 Å². The van der Waals surface area contributed by atoms with Gasteiger partial charge < -0.3 is 20.1 Å². The van der Waals surface area contributed by atoms with Gasteiger partial charge in [-0.25, -0.2) is 4.79 Å². The lowest BCUT2D eigenvalue weighted by Crippen LogP contribution is -2.38. The highest BCUT2D eigenvalue weighted by Crippen LogP contribution is 2.27. The van der Waals surface area contributed by atoms with Gasteiger partial charge in [-0.3, -0.25) is 14.3 Å². The smallest absolute Gasteiger partial charge is 0.330 e. The van der Waals surface area contributed by atoms with Crippen LogP contribution in [0.3, 0.4) is 0 Å². The maximum Gasteiger partial charge on any atom is 0.330 e. The van der Waals surface area contributed by atoms with Crippen LogP contribution in [0.2, 0.25) is 0 Å². The summed E-state index contributed by atoms with van der Waals surface area (Å²) in [6.45, 7) is -0.574. The monoisotopic (exact) mass is 262 g/mol. The van der Waals surface area contributed by atoms with Crippen LogP contribution in [0.25, 0.3) is 0 Å².